The van der Waals surface area contributed by atoms with E-state index < -0.39 is 10.8 Å². The summed E-state index contributed by atoms with van der Waals surface area (Å²) in [5.74, 6) is -0.665. The lowest BCUT2D eigenvalue weighted by atomic mass is 10.1. The van der Waals surface area contributed by atoms with Crippen LogP contribution in [0.1, 0.15) is 23.4 Å². The average molecular weight is 253 g/mol. The number of furan rings is 1. The molecule has 2 rings (SSSR count). The van der Waals surface area contributed by atoms with Crippen LogP contribution < -0.4 is 5.32 Å². The molecule has 1 fully saturated rings. The maximum Gasteiger partial charge on any atom is 0.433 e. The van der Waals surface area contributed by atoms with Gasteiger partial charge in [-0.25, -0.2) is 0 Å². The van der Waals surface area contributed by atoms with E-state index in [1.807, 2.05) is 7.05 Å². The Morgan fingerprint density at radius 2 is 2.39 bits per heavy atom. The second kappa shape index (κ2) is 5.18. The first-order valence-corrected chi connectivity index (χ1v) is 5.82. The summed E-state index contributed by atoms with van der Waals surface area (Å²) in [4.78, 5) is 23.6. The third kappa shape index (κ3) is 2.51. The maximum atomic E-state index is 12.1. The van der Waals surface area contributed by atoms with E-state index in [2.05, 4.69) is 5.32 Å². The summed E-state index contributed by atoms with van der Waals surface area (Å²) < 4.78 is 4.92. The van der Waals surface area contributed by atoms with Crippen LogP contribution in [0.15, 0.2) is 16.5 Å². The van der Waals surface area contributed by atoms with E-state index in [1.165, 1.54) is 12.1 Å². The van der Waals surface area contributed by atoms with Gasteiger partial charge in [-0.2, -0.15) is 0 Å². The summed E-state index contributed by atoms with van der Waals surface area (Å²) in [5.41, 5.74) is 0. The van der Waals surface area contributed by atoms with Gasteiger partial charge in [0.25, 0.3) is 5.91 Å². The van der Waals surface area contributed by atoms with Crippen molar-refractivity contribution in [3.05, 3.63) is 28.0 Å². The molecule has 0 spiro atoms. The quantitative estimate of drug-likeness (QED) is 0.641. The number of likely N-dealkylation sites (N-methyl/N-ethyl adjacent to an activating group) is 1. The van der Waals surface area contributed by atoms with Gasteiger partial charge in [-0.1, -0.05) is 0 Å². The van der Waals surface area contributed by atoms with Crippen LogP contribution in [0.25, 0.3) is 0 Å². The van der Waals surface area contributed by atoms with Crippen LogP contribution in [-0.2, 0) is 0 Å². The number of hydrogen-bond donors (Lipinski definition) is 1. The molecule has 1 aromatic heterocycles. The van der Waals surface area contributed by atoms with Crippen LogP contribution in [0.3, 0.4) is 0 Å². The second-order valence-corrected chi connectivity index (χ2v) is 4.27. The third-order valence-electron chi connectivity index (χ3n) is 3.10. The molecule has 1 atom stereocenters. The smallest absolute Gasteiger partial charge is 0.395 e. The van der Waals surface area contributed by atoms with Gasteiger partial charge in [-0.15, -0.1) is 0 Å². The monoisotopic (exact) mass is 253 g/mol. The molecule has 1 aliphatic heterocycles. The molecule has 7 heteroatoms. The Kier molecular flexibility index (Phi) is 3.61. The van der Waals surface area contributed by atoms with Crippen molar-refractivity contribution < 1.29 is 14.1 Å². The number of nitrogens with zero attached hydrogens (tertiary/aromatic N) is 2. The molecule has 18 heavy (non-hydrogen) atoms. The highest BCUT2D eigenvalue weighted by Crippen LogP contribution is 2.19. The van der Waals surface area contributed by atoms with Crippen molar-refractivity contribution in [3.8, 4) is 0 Å². The highest BCUT2D eigenvalue weighted by atomic mass is 16.6. The van der Waals surface area contributed by atoms with Crippen molar-refractivity contribution in [3.63, 3.8) is 0 Å². The van der Waals surface area contributed by atoms with Crippen molar-refractivity contribution >= 4 is 11.8 Å². The minimum atomic E-state index is -0.649. The maximum absolute atomic E-state index is 12.1. The molecule has 0 aromatic carbocycles. The number of carbonyl (C=O) groups is 1. The Morgan fingerprint density at radius 1 is 1.61 bits per heavy atom. The summed E-state index contributed by atoms with van der Waals surface area (Å²) in [6.45, 7) is 1.26. The van der Waals surface area contributed by atoms with E-state index in [0.717, 1.165) is 12.8 Å². The zero-order chi connectivity index (χ0) is 13.1. The Bertz CT molecular complexity index is 457. The SMILES string of the molecule is CNC1CCCN(C(=O)c2ccc([N+](=O)[O-])o2)C1. The largest absolute Gasteiger partial charge is 0.433 e. The van der Waals surface area contributed by atoms with Crippen LogP contribution >= 0.6 is 0 Å². The topological polar surface area (TPSA) is 88.6 Å². The van der Waals surface area contributed by atoms with E-state index in [9.17, 15) is 14.9 Å². The summed E-state index contributed by atoms with van der Waals surface area (Å²) in [6, 6.07) is 2.82. The highest BCUT2D eigenvalue weighted by Gasteiger charge is 2.26. The van der Waals surface area contributed by atoms with Crippen molar-refractivity contribution in [2.45, 2.75) is 18.9 Å². The average Bonchev–Trinajstić information content (AvgIpc) is 2.87. The molecular weight excluding hydrogens is 238 g/mol. The van der Waals surface area contributed by atoms with E-state index in [0.29, 0.717) is 13.1 Å². The van der Waals surface area contributed by atoms with E-state index in [4.69, 9.17) is 4.42 Å². The molecule has 0 bridgehead atoms. The summed E-state index contributed by atoms with van der Waals surface area (Å²) in [6.07, 6.45) is 1.94. The Morgan fingerprint density at radius 3 is 3.00 bits per heavy atom. The van der Waals surface area contributed by atoms with Crippen molar-refractivity contribution in [1.29, 1.82) is 0 Å². The molecular formula is C11H15N3O4. The fraction of sp³-hybridized carbons (Fsp3) is 0.545. The minimum Gasteiger partial charge on any atom is -0.395 e. The molecule has 1 aromatic rings. The second-order valence-electron chi connectivity index (χ2n) is 4.27. The summed E-state index contributed by atoms with van der Waals surface area (Å²) >= 11 is 0. The first kappa shape index (κ1) is 12.6. The van der Waals surface area contributed by atoms with Crippen LogP contribution in [0.2, 0.25) is 0 Å². The summed E-state index contributed by atoms with van der Waals surface area (Å²) in [7, 11) is 1.86. The number of hydrogen-bond acceptors (Lipinski definition) is 5. The number of carbonyl (C=O) groups excluding carboxylic acids is 1. The number of nitrogens with one attached hydrogen (secondary N) is 1. The molecule has 0 saturated carbocycles. The predicted molar refractivity (Wildman–Crippen MR) is 63.3 cm³/mol. The summed E-state index contributed by atoms with van der Waals surface area (Å²) in [5, 5.41) is 13.6. The van der Waals surface area contributed by atoms with E-state index in [-0.39, 0.29) is 17.7 Å². The molecule has 1 saturated heterocycles. The molecule has 1 amide bonds. The number of amides is 1. The van der Waals surface area contributed by atoms with Gasteiger partial charge in [0.05, 0.1) is 6.07 Å². The Balaban J connectivity index is 2.07. The van der Waals surface area contributed by atoms with Gasteiger partial charge < -0.3 is 14.6 Å². The van der Waals surface area contributed by atoms with Crippen LogP contribution in [0.4, 0.5) is 5.88 Å². The molecule has 0 radical (unpaired) electrons. The van der Waals surface area contributed by atoms with Crippen molar-refractivity contribution in [2.24, 2.45) is 0 Å². The predicted octanol–water partition coefficient (Wildman–Crippen LogP) is 1.01. The molecule has 7 nitrogen and oxygen atoms in total. The normalized spacial score (nSPS) is 19.8. The van der Waals surface area contributed by atoms with Crippen LogP contribution in [0.5, 0.6) is 0 Å². The molecule has 1 aliphatic rings. The third-order valence-corrected chi connectivity index (χ3v) is 3.10. The van der Waals surface area contributed by atoms with E-state index >= 15 is 0 Å². The van der Waals surface area contributed by atoms with Gasteiger partial charge in [0.2, 0.25) is 0 Å². The van der Waals surface area contributed by atoms with Crippen molar-refractivity contribution in [2.75, 3.05) is 20.1 Å². The number of likely N-dealkylation sites (tertiary alicyclic amines) is 1. The van der Waals surface area contributed by atoms with E-state index in [1.54, 1.807) is 4.90 Å². The van der Waals surface area contributed by atoms with Gasteiger partial charge in [-0.05, 0) is 26.0 Å². The number of piperidine rings is 1. The number of nitro groups is 1. The minimum absolute atomic E-state index is 0.0263. The standard InChI is InChI=1S/C11H15N3O4/c1-12-8-3-2-6-13(7-8)11(15)9-4-5-10(18-9)14(16)17/h4-5,8,12H,2-3,6-7H2,1H3. The molecule has 1 unspecified atom stereocenters. The van der Waals surface area contributed by atoms with Gasteiger partial charge >= 0.3 is 5.88 Å². The lowest BCUT2D eigenvalue weighted by Crippen LogP contribution is -2.46. The fourth-order valence-corrected chi connectivity index (χ4v) is 2.09. The van der Waals surface area contributed by atoms with Crippen LogP contribution in [-0.4, -0.2) is 41.9 Å². The Labute approximate surface area is 104 Å². The van der Waals surface area contributed by atoms with Crippen molar-refractivity contribution in [1.82, 2.24) is 10.2 Å². The van der Waals surface area contributed by atoms with Gasteiger partial charge in [0.1, 0.15) is 4.92 Å². The lowest BCUT2D eigenvalue weighted by molar-refractivity contribution is -0.402. The highest BCUT2D eigenvalue weighted by molar-refractivity contribution is 5.91. The fourth-order valence-electron chi connectivity index (χ4n) is 2.09. The lowest BCUT2D eigenvalue weighted by Gasteiger charge is -2.31. The molecule has 0 aliphatic carbocycles. The van der Waals surface area contributed by atoms with Gasteiger partial charge in [0.15, 0.2) is 5.76 Å². The van der Waals surface area contributed by atoms with Gasteiger partial charge in [-0.3, -0.25) is 14.9 Å². The van der Waals surface area contributed by atoms with Gasteiger partial charge in [0, 0.05) is 19.1 Å². The van der Waals surface area contributed by atoms with Crippen LogP contribution in [0, 0.1) is 10.1 Å². The number of rotatable bonds is 3. The molecule has 98 valence electrons. The molecule has 2 heterocycles. The zero-order valence-electron chi connectivity index (χ0n) is 10.1. The zero-order valence-corrected chi connectivity index (χ0v) is 10.1. The first-order chi connectivity index (χ1) is 8.61. The first-order valence-electron chi connectivity index (χ1n) is 5.82. The Hall–Kier alpha value is -1.89. The molecule has 1 N–H and O–H groups in total.